The smallest absolute Gasteiger partial charge is 0.316 e. The van der Waals surface area contributed by atoms with E-state index in [9.17, 15) is 4.79 Å². The summed E-state index contributed by atoms with van der Waals surface area (Å²) in [5.41, 5.74) is 0.514. The lowest BCUT2D eigenvalue weighted by Crippen LogP contribution is -2.09. The Morgan fingerprint density at radius 3 is 2.69 bits per heavy atom. The van der Waals surface area contributed by atoms with Gasteiger partial charge in [-0.25, -0.2) is 0 Å². The van der Waals surface area contributed by atoms with Crippen LogP contribution in [0.4, 0.5) is 0 Å². The molecule has 1 rings (SSSR count). The molecule has 0 aliphatic rings. The number of carboxylic acids is 1. The molecular weight excluding hydrogens is 170 g/mol. The van der Waals surface area contributed by atoms with E-state index in [1.807, 2.05) is 0 Å². The molecule has 70 valence electrons. The summed E-state index contributed by atoms with van der Waals surface area (Å²) >= 11 is 0. The molecule has 0 bridgehead atoms. The molecule has 0 saturated carbocycles. The number of aromatic nitrogens is 1. The summed E-state index contributed by atoms with van der Waals surface area (Å²) in [6.45, 7) is 3.44. The molecular formula is C9H11NO3. The summed E-state index contributed by atoms with van der Waals surface area (Å²) in [4.78, 5) is 14.5. The van der Waals surface area contributed by atoms with Gasteiger partial charge in [0.05, 0.1) is 5.69 Å². The molecule has 13 heavy (non-hydrogen) atoms. The van der Waals surface area contributed by atoms with E-state index in [-0.39, 0.29) is 5.48 Å². The van der Waals surface area contributed by atoms with Gasteiger partial charge in [0, 0.05) is 6.20 Å². The van der Waals surface area contributed by atoms with Gasteiger partial charge in [-0.3, -0.25) is 9.78 Å². The molecule has 1 atom stereocenters. The van der Waals surface area contributed by atoms with E-state index in [0.29, 0.717) is 5.69 Å². The molecule has 1 heterocycles. The second-order valence-corrected chi connectivity index (χ2v) is 2.31. The van der Waals surface area contributed by atoms with Crippen LogP contribution in [-0.4, -0.2) is 21.5 Å². The lowest BCUT2D eigenvalue weighted by molar-refractivity contribution is -0.137. The number of hydrogen-bond acceptors (Lipinski definition) is 2. The van der Waals surface area contributed by atoms with E-state index < -0.39 is 11.9 Å². The fourth-order valence-electron chi connectivity index (χ4n) is 0.908. The number of carbonyl (C=O) groups is 1. The summed E-state index contributed by atoms with van der Waals surface area (Å²) in [7, 11) is 0. The third-order valence-corrected chi connectivity index (χ3v) is 1.51. The van der Waals surface area contributed by atoms with E-state index >= 15 is 0 Å². The van der Waals surface area contributed by atoms with Crippen molar-refractivity contribution >= 4 is 5.97 Å². The van der Waals surface area contributed by atoms with Crippen molar-refractivity contribution in [2.24, 2.45) is 0 Å². The number of nitrogens with zero attached hydrogens (tertiary/aromatic N) is 1. The first-order valence-corrected chi connectivity index (χ1v) is 3.52. The van der Waals surface area contributed by atoms with Crippen molar-refractivity contribution in [1.29, 1.82) is 0 Å². The van der Waals surface area contributed by atoms with Crippen LogP contribution in [0.5, 0.6) is 0 Å². The Bertz CT molecular complexity index is 284. The molecule has 0 aliphatic heterocycles. The molecule has 4 nitrogen and oxygen atoms in total. The highest BCUT2D eigenvalue weighted by atomic mass is 16.4. The van der Waals surface area contributed by atoms with Crippen LogP contribution in [0.25, 0.3) is 0 Å². The third-order valence-electron chi connectivity index (χ3n) is 1.51. The number of rotatable bonds is 3. The summed E-state index contributed by atoms with van der Waals surface area (Å²) in [6, 6.07) is 5.16. The lowest BCUT2D eigenvalue weighted by Gasteiger charge is -2.04. The van der Waals surface area contributed by atoms with Gasteiger partial charge in [-0.2, -0.15) is 0 Å². The number of hydrogen-bond donors (Lipinski definition) is 1. The van der Waals surface area contributed by atoms with Crippen molar-refractivity contribution in [3.8, 4) is 0 Å². The lowest BCUT2D eigenvalue weighted by atomic mass is 10.1. The molecule has 3 N–H and O–H groups in total. The van der Waals surface area contributed by atoms with Crippen LogP contribution in [0.3, 0.4) is 0 Å². The average Bonchev–Trinajstić information content (AvgIpc) is 2.07. The zero-order valence-corrected chi connectivity index (χ0v) is 6.97. The van der Waals surface area contributed by atoms with Crippen molar-refractivity contribution in [2.45, 2.75) is 5.92 Å². The van der Waals surface area contributed by atoms with E-state index in [4.69, 9.17) is 5.11 Å². The van der Waals surface area contributed by atoms with Crippen LogP contribution in [-0.2, 0) is 4.79 Å². The van der Waals surface area contributed by atoms with Gasteiger partial charge in [0.15, 0.2) is 0 Å². The van der Waals surface area contributed by atoms with E-state index in [1.165, 1.54) is 6.08 Å². The SMILES string of the molecule is C=CC(C(=O)O)c1ccccn1.O. The van der Waals surface area contributed by atoms with Gasteiger partial charge in [-0.15, -0.1) is 6.58 Å². The fraction of sp³-hybridized carbons (Fsp3) is 0.111. The van der Waals surface area contributed by atoms with Crippen LogP contribution >= 0.6 is 0 Å². The molecule has 1 aromatic heterocycles. The highest BCUT2D eigenvalue weighted by molar-refractivity contribution is 5.77. The van der Waals surface area contributed by atoms with E-state index in [1.54, 1.807) is 24.4 Å². The van der Waals surface area contributed by atoms with Crippen LogP contribution in [0.2, 0.25) is 0 Å². The van der Waals surface area contributed by atoms with Gasteiger partial charge < -0.3 is 10.6 Å². The van der Waals surface area contributed by atoms with E-state index in [0.717, 1.165) is 0 Å². The van der Waals surface area contributed by atoms with Gasteiger partial charge >= 0.3 is 5.97 Å². The predicted octanol–water partition coefficient (Wildman–Crippen LogP) is 0.611. The van der Waals surface area contributed by atoms with Gasteiger partial charge in [-0.1, -0.05) is 12.1 Å². The molecule has 0 aromatic carbocycles. The number of aliphatic carboxylic acids is 1. The molecule has 1 unspecified atom stereocenters. The summed E-state index contributed by atoms with van der Waals surface area (Å²) in [6.07, 6.45) is 2.93. The molecule has 0 amide bonds. The Morgan fingerprint density at radius 1 is 1.62 bits per heavy atom. The Balaban J connectivity index is 0.00000144. The Labute approximate surface area is 75.9 Å². The van der Waals surface area contributed by atoms with Crippen molar-refractivity contribution in [3.05, 3.63) is 42.7 Å². The predicted molar refractivity (Wildman–Crippen MR) is 48.4 cm³/mol. The minimum absolute atomic E-state index is 0. The largest absolute Gasteiger partial charge is 0.481 e. The zero-order chi connectivity index (χ0) is 8.97. The van der Waals surface area contributed by atoms with Gasteiger partial charge in [-0.05, 0) is 12.1 Å². The molecule has 0 fully saturated rings. The fourth-order valence-corrected chi connectivity index (χ4v) is 0.908. The highest BCUT2D eigenvalue weighted by Crippen LogP contribution is 2.13. The number of pyridine rings is 1. The van der Waals surface area contributed by atoms with Crippen LogP contribution in [0.15, 0.2) is 37.1 Å². The standard InChI is InChI=1S/C9H9NO2.H2O/c1-2-7(9(11)12)8-5-3-4-6-10-8;/h2-7H,1H2,(H,11,12);1H2. The first-order chi connectivity index (χ1) is 5.75. The molecule has 0 radical (unpaired) electrons. The van der Waals surface area contributed by atoms with E-state index in [2.05, 4.69) is 11.6 Å². The van der Waals surface area contributed by atoms with Crippen LogP contribution < -0.4 is 0 Å². The molecule has 0 spiro atoms. The molecule has 4 heteroatoms. The maximum absolute atomic E-state index is 10.6. The monoisotopic (exact) mass is 181 g/mol. The summed E-state index contributed by atoms with van der Waals surface area (Å²) in [5.74, 6) is -1.63. The second kappa shape index (κ2) is 5.05. The van der Waals surface area contributed by atoms with Gasteiger partial charge in [0.1, 0.15) is 5.92 Å². The Morgan fingerprint density at radius 2 is 2.31 bits per heavy atom. The number of carboxylic acid groups (broad SMARTS) is 1. The van der Waals surface area contributed by atoms with Crippen LogP contribution in [0.1, 0.15) is 11.6 Å². The van der Waals surface area contributed by atoms with Gasteiger partial charge in [0.2, 0.25) is 0 Å². The molecule has 0 aliphatic carbocycles. The minimum atomic E-state index is -0.927. The second-order valence-electron chi connectivity index (χ2n) is 2.31. The first kappa shape index (κ1) is 11.3. The topological polar surface area (TPSA) is 81.7 Å². The normalized spacial score (nSPS) is 11.1. The van der Waals surface area contributed by atoms with Crippen molar-refractivity contribution in [2.75, 3.05) is 0 Å². The third kappa shape index (κ3) is 2.68. The van der Waals surface area contributed by atoms with Crippen molar-refractivity contribution < 1.29 is 15.4 Å². The molecule has 1 aromatic rings. The van der Waals surface area contributed by atoms with Crippen molar-refractivity contribution in [1.82, 2.24) is 4.98 Å². The minimum Gasteiger partial charge on any atom is -0.481 e. The zero-order valence-electron chi connectivity index (χ0n) is 6.97. The average molecular weight is 181 g/mol. The Kier molecular flexibility index (Phi) is 4.40. The first-order valence-electron chi connectivity index (χ1n) is 3.52. The van der Waals surface area contributed by atoms with Crippen LogP contribution in [0, 0.1) is 0 Å². The maximum atomic E-state index is 10.6. The highest BCUT2D eigenvalue weighted by Gasteiger charge is 2.15. The summed E-state index contributed by atoms with van der Waals surface area (Å²) in [5, 5.41) is 8.72. The van der Waals surface area contributed by atoms with Gasteiger partial charge in [0.25, 0.3) is 0 Å². The quantitative estimate of drug-likeness (QED) is 0.693. The molecule has 0 saturated heterocycles. The maximum Gasteiger partial charge on any atom is 0.316 e. The van der Waals surface area contributed by atoms with Crippen molar-refractivity contribution in [3.63, 3.8) is 0 Å². The summed E-state index contributed by atoms with van der Waals surface area (Å²) < 4.78 is 0. The Hall–Kier alpha value is -1.68.